The van der Waals surface area contributed by atoms with Gasteiger partial charge in [0.25, 0.3) is 0 Å². The van der Waals surface area contributed by atoms with E-state index < -0.39 is 59.6 Å². The van der Waals surface area contributed by atoms with Crippen LogP contribution in [0.5, 0.6) is 5.75 Å². The molecule has 3 atom stereocenters. The Balaban J connectivity index is 2.07. The number of carbonyl (C=O) groups is 6. The second-order valence-electron chi connectivity index (χ2n) is 14.4. The van der Waals surface area contributed by atoms with Crippen molar-refractivity contribution in [2.45, 2.75) is 90.5 Å². The average molecular weight is 771 g/mol. The van der Waals surface area contributed by atoms with Crippen LogP contribution in [-0.2, 0) is 36.9 Å². The summed E-state index contributed by atoms with van der Waals surface area (Å²) in [5.41, 5.74) is 0.647. The first-order chi connectivity index (χ1) is 26.0. The Morgan fingerprint density at radius 3 is 2.07 bits per heavy atom. The molecule has 0 aliphatic heterocycles. The molecule has 0 aromatic heterocycles. The number of phenols is 1. The van der Waals surface area contributed by atoms with Crippen LogP contribution < -0.4 is 21.3 Å². The Hall–Kier alpha value is -5.54. The number of aliphatic carboxylic acids is 1. The zero-order valence-corrected chi connectivity index (χ0v) is 32.8. The first-order valence-electron chi connectivity index (χ1n) is 18.5. The molecule has 0 radical (unpaired) electrons. The van der Waals surface area contributed by atoms with Crippen LogP contribution in [0.25, 0.3) is 0 Å². The number of urea groups is 2. The summed E-state index contributed by atoms with van der Waals surface area (Å²) in [6, 6.07) is 12.0. The van der Waals surface area contributed by atoms with E-state index in [9.17, 15) is 39.0 Å². The number of carboxylic acid groups (broad SMARTS) is 1. The number of hydrogen-bond donors (Lipinski definition) is 6. The van der Waals surface area contributed by atoms with Crippen molar-refractivity contribution in [2.24, 2.45) is 5.92 Å². The molecule has 0 spiro atoms. The molecular weight excluding hydrogens is 712 g/mol. The molecule has 2 aromatic rings. The number of carboxylic acids is 1. The van der Waals surface area contributed by atoms with Crippen LogP contribution in [0.4, 0.5) is 14.4 Å². The van der Waals surface area contributed by atoms with Gasteiger partial charge in [-0.05, 0) is 69.7 Å². The van der Waals surface area contributed by atoms with Crippen molar-refractivity contribution < 1.29 is 48.5 Å². The highest BCUT2D eigenvalue weighted by Gasteiger charge is 2.31. The minimum Gasteiger partial charge on any atom is -0.508 e. The third-order valence-electron chi connectivity index (χ3n) is 8.17. The monoisotopic (exact) mass is 770 g/mol. The molecular formula is C39H58N6O10. The number of rotatable bonds is 21. The molecule has 0 unspecified atom stereocenters. The largest absolute Gasteiger partial charge is 0.508 e. The molecule has 0 heterocycles. The third-order valence-corrected chi connectivity index (χ3v) is 8.17. The lowest BCUT2D eigenvalue weighted by atomic mass is 10.0. The van der Waals surface area contributed by atoms with Gasteiger partial charge < -0.3 is 50.8 Å². The number of alkyl carbamates (subject to hydrolysis) is 1. The number of ether oxygens (including phenoxy) is 2. The van der Waals surface area contributed by atoms with Crippen LogP contribution >= 0.6 is 0 Å². The van der Waals surface area contributed by atoms with Crippen LogP contribution in [0, 0.1) is 5.92 Å². The van der Waals surface area contributed by atoms with E-state index in [4.69, 9.17) is 9.47 Å². The Morgan fingerprint density at radius 1 is 0.818 bits per heavy atom. The lowest BCUT2D eigenvalue weighted by Gasteiger charge is -2.30. The summed E-state index contributed by atoms with van der Waals surface area (Å²) >= 11 is 0. The molecule has 0 aliphatic carbocycles. The molecule has 0 bridgehead atoms. The molecule has 0 saturated carbocycles. The maximum Gasteiger partial charge on any atom is 0.407 e. The Labute approximate surface area is 323 Å². The van der Waals surface area contributed by atoms with Crippen molar-refractivity contribution in [1.82, 2.24) is 31.1 Å². The SMILES string of the molecule is CCCCN(C[C@H](CNC(=O)[C@H](CCCCNC(=O)OCc1ccccc1)NC(=O)N(C)C)C(=O)O)C(=O)N[C@@H](Cc1ccc(O)cc1)C(=O)OC(C)(C)C. The van der Waals surface area contributed by atoms with E-state index in [-0.39, 0.29) is 51.4 Å². The van der Waals surface area contributed by atoms with E-state index in [1.165, 1.54) is 36.0 Å². The quantitative estimate of drug-likeness (QED) is 0.0792. The number of esters is 1. The molecule has 16 nitrogen and oxygen atoms in total. The molecule has 55 heavy (non-hydrogen) atoms. The number of amides is 6. The van der Waals surface area contributed by atoms with Gasteiger partial charge in [0, 0.05) is 46.7 Å². The van der Waals surface area contributed by atoms with Crippen molar-refractivity contribution in [3.05, 3.63) is 65.7 Å². The smallest absolute Gasteiger partial charge is 0.407 e. The van der Waals surface area contributed by atoms with Crippen LogP contribution in [0.1, 0.15) is 70.9 Å². The first-order valence-corrected chi connectivity index (χ1v) is 18.5. The van der Waals surface area contributed by atoms with Gasteiger partial charge in [-0.15, -0.1) is 0 Å². The molecule has 16 heteroatoms. The predicted octanol–water partition coefficient (Wildman–Crippen LogP) is 4.01. The molecule has 6 amide bonds. The minimum absolute atomic E-state index is 0.0387. The number of carbonyl (C=O) groups excluding carboxylic acids is 5. The first kappa shape index (κ1) is 45.6. The van der Waals surface area contributed by atoms with Gasteiger partial charge in [-0.1, -0.05) is 55.8 Å². The van der Waals surface area contributed by atoms with Crippen LogP contribution in [0.15, 0.2) is 54.6 Å². The molecule has 2 rings (SSSR count). The molecule has 0 saturated heterocycles. The topological polar surface area (TPSA) is 216 Å². The van der Waals surface area contributed by atoms with E-state index in [1.807, 2.05) is 37.3 Å². The summed E-state index contributed by atoms with van der Waals surface area (Å²) in [5, 5.41) is 30.5. The van der Waals surface area contributed by atoms with E-state index >= 15 is 0 Å². The Kier molecular flexibility index (Phi) is 19.3. The molecule has 0 aliphatic rings. The second kappa shape index (κ2) is 23.3. The van der Waals surface area contributed by atoms with Gasteiger partial charge in [0.05, 0.1) is 5.92 Å². The summed E-state index contributed by atoms with van der Waals surface area (Å²) in [4.78, 5) is 79.8. The number of benzene rings is 2. The molecule has 0 fully saturated rings. The van der Waals surface area contributed by atoms with E-state index in [2.05, 4.69) is 21.3 Å². The predicted molar refractivity (Wildman–Crippen MR) is 205 cm³/mol. The number of nitrogens with one attached hydrogen (secondary N) is 4. The van der Waals surface area contributed by atoms with Crippen molar-refractivity contribution in [3.63, 3.8) is 0 Å². The number of hydrogen-bond acceptors (Lipinski definition) is 9. The summed E-state index contributed by atoms with van der Waals surface area (Å²) in [6.45, 7) is 6.93. The van der Waals surface area contributed by atoms with Gasteiger partial charge >= 0.3 is 30.1 Å². The van der Waals surface area contributed by atoms with Crippen molar-refractivity contribution >= 4 is 36.0 Å². The fourth-order valence-corrected chi connectivity index (χ4v) is 5.13. The lowest BCUT2D eigenvalue weighted by molar-refractivity contribution is -0.157. The van der Waals surface area contributed by atoms with Gasteiger partial charge in [-0.3, -0.25) is 9.59 Å². The van der Waals surface area contributed by atoms with Gasteiger partial charge in [0.15, 0.2) is 0 Å². The Morgan fingerprint density at radius 2 is 1.47 bits per heavy atom. The normalized spacial score (nSPS) is 12.6. The van der Waals surface area contributed by atoms with E-state index in [1.54, 1.807) is 32.9 Å². The number of phenolic OH excluding ortho intramolecular Hbond substituents is 1. The van der Waals surface area contributed by atoms with Crippen molar-refractivity contribution in [2.75, 3.05) is 40.3 Å². The van der Waals surface area contributed by atoms with Crippen LogP contribution in [-0.4, -0.2) is 114 Å². The Bertz CT molecular complexity index is 1530. The van der Waals surface area contributed by atoms with Gasteiger partial charge in [-0.2, -0.15) is 0 Å². The highest BCUT2D eigenvalue weighted by molar-refractivity contribution is 5.87. The van der Waals surface area contributed by atoms with E-state index in [0.29, 0.717) is 31.2 Å². The molecule has 2 aromatic carbocycles. The summed E-state index contributed by atoms with van der Waals surface area (Å²) in [5.74, 6) is -3.76. The lowest BCUT2D eigenvalue weighted by Crippen LogP contribution is -2.54. The van der Waals surface area contributed by atoms with Gasteiger partial charge in [0.1, 0.15) is 30.0 Å². The maximum absolute atomic E-state index is 13.7. The molecule has 304 valence electrons. The number of nitrogens with zero attached hydrogens (tertiary/aromatic N) is 2. The fourth-order valence-electron chi connectivity index (χ4n) is 5.13. The average Bonchev–Trinajstić information content (AvgIpc) is 3.12. The second-order valence-corrected chi connectivity index (χ2v) is 14.4. The van der Waals surface area contributed by atoms with E-state index in [0.717, 1.165) is 5.56 Å². The third kappa shape index (κ3) is 18.4. The zero-order chi connectivity index (χ0) is 41.0. The van der Waals surface area contributed by atoms with Gasteiger partial charge in [-0.25, -0.2) is 19.2 Å². The number of aromatic hydroxyl groups is 1. The highest BCUT2D eigenvalue weighted by atomic mass is 16.6. The highest BCUT2D eigenvalue weighted by Crippen LogP contribution is 2.15. The van der Waals surface area contributed by atoms with Crippen molar-refractivity contribution in [1.29, 1.82) is 0 Å². The summed E-state index contributed by atoms with van der Waals surface area (Å²) in [7, 11) is 3.04. The summed E-state index contributed by atoms with van der Waals surface area (Å²) < 4.78 is 10.8. The van der Waals surface area contributed by atoms with Crippen molar-refractivity contribution in [3.8, 4) is 5.75 Å². The zero-order valence-electron chi connectivity index (χ0n) is 32.8. The summed E-state index contributed by atoms with van der Waals surface area (Å²) in [6.07, 6.45) is 1.80. The molecule has 6 N–H and O–H groups in total. The minimum atomic E-state index is -1.26. The maximum atomic E-state index is 13.7. The standard InChI is InChI=1S/C39H58N6O10/c1-7-8-22-45(37(52)43-32(35(50)55-39(2,3)4)23-27-17-19-30(46)20-18-27)25-29(34(48)49)24-41-33(47)31(42-36(51)44(5)6)16-12-13-21-40-38(53)54-26-28-14-10-9-11-15-28/h9-11,14-15,17-20,29,31-32,46H,7-8,12-13,16,21-26H2,1-6H3,(H,40,53)(H,41,47)(H,42,51)(H,43,52)(H,48,49)/t29-,31-,32-/m0/s1. The van der Waals surface area contributed by atoms with Crippen LogP contribution in [0.3, 0.4) is 0 Å². The van der Waals surface area contributed by atoms with Gasteiger partial charge in [0.2, 0.25) is 5.91 Å². The van der Waals surface area contributed by atoms with Crippen LogP contribution in [0.2, 0.25) is 0 Å². The fraction of sp³-hybridized carbons (Fsp3) is 0.538. The number of unbranched alkanes of at least 4 members (excludes halogenated alkanes) is 2.